The van der Waals surface area contributed by atoms with E-state index in [0.717, 1.165) is 5.56 Å². The van der Waals surface area contributed by atoms with Gasteiger partial charge in [0.05, 0.1) is 6.61 Å². The Kier molecular flexibility index (Phi) is 6.65. The summed E-state index contributed by atoms with van der Waals surface area (Å²) < 4.78 is 4.90. The summed E-state index contributed by atoms with van der Waals surface area (Å²) in [4.78, 5) is 24.5. The fourth-order valence-corrected chi connectivity index (χ4v) is 2.33. The summed E-state index contributed by atoms with van der Waals surface area (Å²) in [6, 6.07) is 5.06. The van der Waals surface area contributed by atoms with Crippen LogP contribution in [0, 0.1) is 0 Å². The maximum absolute atomic E-state index is 12.4. The third-order valence-corrected chi connectivity index (χ3v) is 3.38. The minimum absolute atomic E-state index is 0.213. The smallest absolute Gasteiger partial charge is 0.323 e. The lowest BCUT2D eigenvalue weighted by molar-refractivity contribution is -0.137. The fraction of sp³-hybridized carbons (Fsp3) is 0.467. The molecule has 6 heteroatoms. The zero-order valence-corrected chi connectivity index (χ0v) is 13.2. The summed E-state index contributed by atoms with van der Waals surface area (Å²) in [6.07, 6.45) is 0. The number of amides is 1. The molecular weight excluding hydrogens is 294 g/mol. The zero-order valence-electron chi connectivity index (χ0n) is 12.4. The first-order chi connectivity index (χ1) is 9.86. The second kappa shape index (κ2) is 8.00. The van der Waals surface area contributed by atoms with Crippen molar-refractivity contribution in [3.63, 3.8) is 0 Å². The summed E-state index contributed by atoms with van der Waals surface area (Å²) in [5.41, 5.74) is 1.33. The number of nitrogens with zero attached hydrogens (tertiary/aromatic N) is 1. The molecule has 1 aromatic carbocycles. The van der Waals surface area contributed by atoms with Crippen LogP contribution in [0.15, 0.2) is 18.2 Å². The van der Waals surface area contributed by atoms with Crippen molar-refractivity contribution < 1.29 is 19.4 Å². The molecule has 1 N–H and O–H groups in total. The normalized spacial score (nSPS) is 10.7. The van der Waals surface area contributed by atoms with Gasteiger partial charge in [-0.2, -0.15) is 0 Å². The van der Waals surface area contributed by atoms with Crippen LogP contribution in [-0.2, 0) is 9.53 Å². The number of carboxylic acid groups (broad SMARTS) is 1. The third kappa shape index (κ3) is 5.02. The minimum atomic E-state index is -1.07. The predicted octanol–water partition coefficient (Wildman–Crippen LogP) is 2.64. The molecule has 0 fully saturated rings. The Bertz CT molecular complexity index is 516. The molecule has 1 aromatic rings. The monoisotopic (exact) mass is 313 g/mol. The van der Waals surface area contributed by atoms with Gasteiger partial charge in [-0.25, -0.2) is 0 Å². The zero-order chi connectivity index (χ0) is 16.0. The highest BCUT2D eigenvalue weighted by Crippen LogP contribution is 2.25. The first-order valence-electron chi connectivity index (χ1n) is 6.66. The van der Waals surface area contributed by atoms with Gasteiger partial charge in [-0.15, -0.1) is 0 Å². The maximum atomic E-state index is 12.4. The van der Waals surface area contributed by atoms with Gasteiger partial charge in [0.15, 0.2) is 0 Å². The van der Waals surface area contributed by atoms with E-state index in [1.807, 2.05) is 13.8 Å². The van der Waals surface area contributed by atoms with E-state index in [4.69, 9.17) is 21.4 Å². The van der Waals surface area contributed by atoms with Crippen molar-refractivity contribution in [1.82, 2.24) is 4.90 Å². The average molecular weight is 314 g/mol. The number of hydrogen-bond donors (Lipinski definition) is 1. The summed E-state index contributed by atoms with van der Waals surface area (Å²) in [5, 5.41) is 9.40. The Morgan fingerprint density at radius 1 is 1.38 bits per heavy atom. The molecule has 0 saturated heterocycles. The van der Waals surface area contributed by atoms with E-state index in [-0.39, 0.29) is 31.5 Å². The highest BCUT2D eigenvalue weighted by molar-refractivity contribution is 6.31. The Labute approximate surface area is 129 Å². The van der Waals surface area contributed by atoms with E-state index in [1.54, 1.807) is 18.2 Å². The van der Waals surface area contributed by atoms with Gasteiger partial charge in [0.25, 0.3) is 5.91 Å². The first-order valence-corrected chi connectivity index (χ1v) is 7.04. The molecular formula is C15H20ClNO4. The molecule has 116 valence electrons. The molecule has 5 nitrogen and oxygen atoms in total. The topological polar surface area (TPSA) is 66.8 Å². The molecule has 0 unspecified atom stereocenters. The maximum Gasteiger partial charge on any atom is 0.323 e. The SMILES string of the molecule is COCCN(CC(=O)O)C(=O)c1ccc(C(C)C)c(Cl)c1. The van der Waals surface area contributed by atoms with Gasteiger partial charge < -0.3 is 14.7 Å². The van der Waals surface area contributed by atoms with E-state index in [1.165, 1.54) is 12.0 Å². The lowest BCUT2D eigenvalue weighted by atomic mass is 10.0. The second-order valence-corrected chi connectivity index (χ2v) is 5.41. The van der Waals surface area contributed by atoms with E-state index in [9.17, 15) is 9.59 Å². The van der Waals surface area contributed by atoms with Crippen molar-refractivity contribution in [2.45, 2.75) is 19.8 Å². The van der Waals surface area contributed by atoms with Crippen molar-refractivity contribution >= 4 is 23.5 Å². The van der Waals surface area contributed by atoms with Gasteiger partial charge >= 0.3 is 5.97 Å². The van der Waals surface area contributed by atoms with Crippen LogP contribution < -0.4 is 0 Å². The Morgan fingerprint density at radius 2 is 2.05 bits per heavy atom. The van der Waals surface area contributed by atoms with E-state index >= 15 is 0 Å². The molecule has 0 bridgehead atoms. The van der Waals surface area contributed by atoms with Crippen LogP contribution in [0.1, 0.15) is 35.7 Å². The molecule has 0 atom stereocenters. The van der Waals surface area contributed by atoms with E-state index in [2.05, 4.69) is 0 Å². The van der Waals surface area contributed by atoms with Gasteiger partial charge in [-0.1, -0.05) is 31.5 Å². The van der Waals surface area contributed by atoms with E-state index < -0.39 is 5.97 Å². The van der Waals surface area contributed by atoms with Crippen LogP contribution in [0.2, 0.25) is 5.02 Å². The average Bonchev–Trinajstić information content (AvgIpc) is 2.41. The number of hydrogen-bond acceptors (Lipinski definition) is 3. The summed E-state index contributed by atoms with van der Waals surface area (Å²) >= 11 is 6.17. The number of benzene rings is 1. The molecule has 1 amide bonds. The van der Waals surface area contributed by atoms with Crippen LogP contribution in [0.5, 0.6) is 0 Å². The molecule has 1 rings (SSSR count). The van der Waals surface area contributed by atoms with Gasteiger partial charge in [-0.3, -0.25) is 9.59 Å². The van der Waals surface area contributed by atoms with Crippen LogP contribution in [0.3, 0.4) is 0 Å². The molecule has 21 heavy (non-hydrogen) atoms. The van der Waals surface area contributed by atoms with Crippen LogP contribution in [0.4, 0.5) is 0 Å². The predicted molar refractivity (Wildman–Crippen MR) is 81.0 cm³/mol. The summed E-state index contributed by atoms with van der Waals surface area (Å²) in [6.45, 7) is 4.14. The first kappa shape index (κ1) is 17.5. The summed E-state index contributed by atoms with van der Waals surface area (Å²) in [5.74, 6) is -1.18. The lowest BCUT2D eigenvalue weighted by Crippen LogP contribution is -2.38. The number of halogens is 1. The van der Waals surface area contributed by atoms with Crippen molar-refractivity contribution in [2.24, 2.45) is 0 Å². The number of aliphatic carboxylic acids is 1. The molecule has 0 aliphatic heterocycles. The van der Waals surface area contributed by atoms with Crippen molar-refractivity contribution in [3.05, 3.63) is 34.3 Å². The van der Waals surface area contributed by atoms with Crippen LogP contribution >= 0.6 is 11.6 Å². The van der Waals surface area contributed by atoms with Crippen molar-refractivity contribution in [2.75, 3.05) is 26.8 Å². The number of methoxy groups -OCH3 is 1. The molecule has 0 aromatic heterocycles. The van der Waals surface area contributed by atoms with Gasteiger partial charge in [0.1, 0.15) is 6.54 Å². The molecule has 0 aliphatic rings. The number of carboxylic acids is 1. The molecule has 0 spiro atoms. The molecule has 0 aliphatic carbocycles. The largest absolute Gasteiger partial charge is 0.480 e. The highest BCUT2D eigenvalue weighted by atomic mass is 35.5. The fourth-order valence-electron chi connectivity index (χ4n) is 1.93. The van der Waals surface area contributed by atoms with Crippen LogP contribution in [0.25, 0.3) is 0 Å². The Hall–Kier alpha value is -1.59. The second-order valence-electron chi connectivity index (χ2n) is 5.00. The van der Waals surface area contributed by atoms with Gasteiger partial charge in [0.2, 0.25) is 0 Å². The quantitative estimate of drug-likeness (QED) is 0.840. The number of carbonyl (C=O) groups is 2. The van der Waals surface area contributed by atoms with Crippen molar-refractivity contribution in [3.8, 4) is 0 Å². The Morgan fingerprint density at radius 3 is 2.52 bits per heavy atom. The standard InChI is InChI=1S/C15H20ClNO4/c1-10(2)12-5-4-11(8-13(12)16)15(20)17(6-7-21-3)9-14(18)19/h4-5,8,10H,6-7,9H2,1-3H3,(H,18,19). The van der Waals surface area contributed by atoms with Crippen LogP contribution in [-0.4, -0.2) is 48.7 Å². The molecule has 0 saturated carbocycles. The minimum Gasteiger partial charge on any atom is -0.480 e. The number of carbonyl (C=O) groups excluding carboxylic acids is 1. The molecule has 0 radical (unpaired) electrons. The van der Waals surface area contributed by atoms with Crippen molar-refractivity contribution in [1.29, 1.82) is 0 Å². The lowest BCUT2D eigenvalue weighted by Gasteiger charge is -2.21. The third-order valence-electron chi connectivity index (χ3n) is 3.05. The van der Waals surface area contributed by atoms with Gasteiger partial charge in [-0.05, 0) is 23.6 Å². The highest BCUT2D eigenvalue weighted by Gasteiger charge is 2.19. The van der Waals surface area contributed by atoms with Gasteiger partial charge in [0, 0.05) is 24.2 Å². The number of rotatable bonds is 7. The summed E-state index contributed by atoms with van der Waals surface area (Å²) in [7, 11) is 1.50. The number of ether oxygens (including phenoxy) is 1. The van der Waals surface area contributed by atoms with E-state index in [0.29, 0.717) is 10.6 Å². The Balaban J connectivity index is 2.97. The molecule has 0 heterocycles.